The molecule has 0 spiro atoms. The molecule has 78 valence electrons. The van der Waals surface area contributed by atoms with Gasteiger partial charge in [-0.05, 0) is 26.0 Å². The van der Waals surface area contributed by atoms with E-state index in [1.807, 2.05) is 11.8 Å². The largest absolute Gasteiger partial charge is 0.329 e. The maximum atomic E-state index is 5.61. The van der Waals surface area contributed by atoms with Gasteiger partial charge in [-0.2, -0.15) is 11.8 Å². The zero-order valence-corrected chi connectivity index (χ0v) is 9.57. The van der Waals surface area contributed by atoms with Crippen LogP contribution in [0.4, 0.5) is 0 Å². The first-order valence-corrected chi connectivity index (χ1v) is 6.55. The van der Waals surface area contributed by atoms with Gasteiger partial charge in [0.1, 0.15) is 0 Å². The summed E-state index contributed by atoms with van der Waals surface area (Å²) in [5.41, 5.74) is 5.61. The minimum Gasteiger partial charge on any atom is -0.329 e. The summed E-state index contributed by atoms with van der Waals surface area (Å²) in [4.78, 5) is 0. The Balaban J connectivity index is 2.35. The summed E-state index contributed by atoms with van der Waals surface area (Å²) >= 11 is 2.00. The molecule has 0 aromatic rings. The molecule has 13 heavy (non-hydrogen) atoms. The summed E-state index contributed by atoms with van der Waals surface area (Å²) in [6.45, 7) is 2.92. The average Bonchev–Trinajstić information content (AvgIpc) is 2.18. The topological polar surface area (TPSA) is 38.0 Å². The van der Waals surface area contributed by atoms with E-state index < -0.39 is 0 Å². The molecule has 1 aliphatic carbocycles. The monoisotopic (exact) mass is 202 g/mol. The van der Waals surface area contributed by atoms with E-state index in [1.54, 1.807) is 0 Å². The molecule has 0 aromatic carbocycles. The molecule has 0 bridgehead atoms. The van der Waals surface area contributed by atoms with Crippen LogP contribution >= 0.6 is 11.8 Å². The first kappa shape index (κ1) is 11.3. The minimum atomic E-state index is 0.470. The van der Waals surface area contributed by atoms with Gasteiger partial charge in [-0.25, -0.2) is 0 Å². The Hall–Kier alpha value is 0.270. The van der Waals surface area contributed by atoms with Crippen molar-refractivity contribution in [3.05, 3.63) is 0 Å². The van der Waals surface area contributed by atoms with Crippen molar-refractivity contribution in [1.29, 1.82) is 0 Å². The quantitative estimate of drug-likeness (QED) is 0.727. The lowest BCUT2D eigenvalue weighted by Gasteiger charge is -2.33. The Morgan fingerprint density at radius 1 is 1.46 bits per heavy atom. The highest BCUT2D eigenvalue weighted by Crippen LogP contribution is 2.27. The molecular weight excluding hydrogens is 180 g/mol. The highest BCUT2D eigenvalue weighted by molar-refractivity contribution is 7.99. The smallest absolute Gasteiger partial charge is 0.0198 e. The fourth-order valence-corrected chi connectivity index (χ4v) is 2.95. The molecule has 3 heteroatoms. The molecular formula is C10H22N2S. The lowest BCUT2D eigenvalue weighted by atomic mass is 9.94. The van der Waals surface area contributed by atoms with E-state index in [1.165, 1.54) is 25.7 Å². The van der Waals surface area contributed by atoms with E-state index in [2.05, 4.69) is 18.5 Å². The summed E-state index contributed by atoms with van der Waals surface area (Å²) in [5, 5.41) is 4.43. The van der Waals surface area contributed by atoms with E-state index in [0.717, 1.165) is 11.8 Å². The normalized spacial score (nSPS) is 31.6. The number of thioether (sulfide) groups is 1. The lowest BCUT2D eigenvalue weighted by Crippen LogP contribution is -2.47. The number of nitrogens with one attached hydrogen (secondary N) is 1. The Kier molecular flexibility index (Phi) is 5.14. The molecule has 1 aliphatic rings. The van der Waals surface area contributed by atoms with Crippen LogP contribution in [0.15, 0.2) is 0 Å². The van der Waals surface area contributed by atoms with Crippen molar-refractivity contribution in [2.45, 2.75) is 49.9 Å². The lowest BCUT2D eigenvalue weighted by molar-refractivity contribution is 0.355. The van der Waals surface area contributed by atoms with E-state index >= 15 is 0 Å². The maximum absolute atomic E-state index is 5.61. The van der Waals surface area contributed by atoms with Crippen molar-refractivity contribution in [3.63, 3.8) is 0 Å². The van der Waals surface area contributed by atoms with Crippen LogP contribution in [0.1, 0.15) is 32.6 Å². The highest BCUT2D eigenvalue weighted by Gasteiger charge is 2.24. The zero-order valence-electron chi connectivity index (χ0n) is 8.75. The molecule has 0 heterocycles. The van der Waals surface area contributed by atoms with Crippen LogP contribution < -0.4 is 11.1 Å². The number of rotatable bonds is 4. The molecule has 1 fully saturated rings. The third-order valence-electron chi connectivity index (χ3n) is 2.86. The van der Waals surface area contributed by atoms with Crippen molar-refractivity contribution in [2.75, 3.05) is 12.8 Å². The van der Waals surface area contributed by atoms with Gasteiger partial charge in [-0.1, -0.05) is 12.8 Å². The molecule has 1 rings (SSSR count). The van der Waals surface area contributed by atoms with Crippen molar-refractivity contribution in [2.24, 2.45) is 5.73 Å². The van der Waals surface area contributed by atoms with Gasteiger partial charge >= 0.3 is 0 Å². The van der Waals surface area contributed by atoms with E-state index in [9.17, 15) is 0 Å². The zero-order chi connectivity index (χ0) is 9.68. The molecule has 3 unspecified atom stereocenters. The number of hydrogen-bond acceptors (Lipinski definition) is 3. The third kappa shape index (κ3) is 3.49. The Labute approximate surface area is 86.0 Å². The second-order valence-corrected chi connectivity index (χ2v) is 5.05. The van der Waals surface area contributed by atoms with Gasteiger partial charge in [0.05, 0.1) is 0 Å². The summed E-state index contributed by atoms with van der Waals surface area (Å²) in [6, 6.07) is 1.17. The fourth-order valence-electron chi connectivity index (χ4n) is 2.00. The molecule has 0 aliphatic heterocycles. The van der Waals surface area contributed by atoms with Gasteiger partial charge in [-0.3, -0.25) is 0 Å². The summed E-state index contributed by atoms with van der Waals surface area (Å²) in [7, 11) is 0. The summed E-state index contributed by atoms with van der Waals surface area (Å²) < 4.78 is 0. The van der Waals surface area contributed by atoms with Crippen LogP contribution in [0.25, 0.3) is 0 Å². The van der Waals surface area contributed by atoms with Gasteiger partial charge < -0.3 is 11.1 Å². The van der Waals surface area contributed by atoms with Gasteiger partial charge in [0.15, 0.2) is 0 Å². The minimum absolute atomic E-state index is 0.470. The predicted molar refractivity (Wildman–Crippen MR) is 61.2 cm³/mol. The van der Waals surface area contributed by atoms with E-state index in [0.29, 0.717) is 12.1 Å². The fraction of sp³-hybridized carbons (Fsp3) is 1.00. The molecule has 0 saturated heterocycles. The predicted octanol–water partition coefficient (Wildman–Crippen LogP) is 1.60. The molecule has 0 radical (unpaired) electrons. The van der Waals surface area contributed by atoms with Gasteiger partial charge in [0.25, 0.3) is 0 Å². The van der Waals surface area contributed by atoms with Crippen LogP contribution in [0.2, 0.25) is 0 Å². The Bertz CT molecular complexity index is 141. The first-order chi connectivity index (χ1) is 6.27. The number of nitrogens with two attached hydrogens (primary N) is 1. The molecule has 2 nitrogen and oxygen atoms in total. The molecule has 1 saturated carbocycles. The Morgan fingerprint density at radius 3 is 2.77 bits per heavy atom. The van der Waals surface area contributed by atoms with Crippen LogP contribution in [0.5, 0.6) is 0 Å². The van der Waals surface area contributed by atoms with Crippen molar-refractivity contribution >= 4 is 11.8 Å². The van der Waals surface area contributed by atoms with Crippen LogP contribution in [-0.2, 0) is 0 Å². The first-order valence-electron chi connectivity index (χ1n) is 5.26. The molecule has 3 atom stereocenters. The van der Waals surface area contributed by atoms with Crippen LogP contribution in [0.3, 0.4) is 0 Å². The van der Waals surface area contributed by atoms with Crippen molar-refractivity contribution in [3.8, 4) is 0 Å². The van der Waals surface area contributed by atoms with Gasteiger partial charge in [0.2, 0.25) is 0 Å². The van der Waals surface area contributed by atoms with Crippen LogP contribution in [0, 0.1) is 0 Å². The second-order valence-electron chi connectivity index (χ2n) is 3.97. The van der Waals surface area contributed by atoms with E-state index in [-0.39, 0.29) is 0 Å². The Morgan fingerprint density at radius 2 is 2.15 bits per heavy atom. The van der Waals surface area contributed by atoms with Crippen molar-refractivity contribution < 1.29 is 0 Å². The summed E-state index contributed by atoms with van der Waals surface area (Å²) in [6.07, 6.45) is 7.70. The molecule has 0 aromatic heterocycles. The summed E-state index contributed by atoms with van der Waals surface area (Å²) in [5.74, 6) is 0. The standard InChI is InChI=1S/C10H22N2S/c1-8(7-11)12-9-5-3-4-6-10(9)13-2/h8-10,12H,3-7,11H2,1-2H3. The third-order valence-corrected chi connectivity index (χ3v) is 4.03. The highest BCUT2D eigenvalue weighted by atomic mass is 32.2. The maximum Gasteiger partial charge on any atom is 0.0198 e. The SMILES string of the molecule is CSC1CCCCC1NC(C)CN. The van der Waals surface area contributed by atoms with Crippen molar-refractivity contribution in [1.82, 2.24) is 5.32 Å². The van der Waals surface area contributed by atoms with Gasteiger partial charge in [-0.15, -0.1) is 0 Å². The molecule has 0 amide bonds. The van der Waals surface area contributed by atoms with E-state index in [4.69, 9.17) is 5.73 Å². The second kappa shape index (κ2) is 5.89. The van der Waals surface area contributed by atoms with Crippen LogP contribution in [-0.4, -0.2) is 30.1 Å². The number of hydrogen-bond donors (Lipinski definition) is 2. The molecule has 3 N–H and O–H groups in total. The van der Waals surface area contributed by atoms with Gasteiger partial charge in [0, 0.05) is 23.9 Å². The average molecular weight is 202 g/mol.